The highest BCUT2D eigenvalue weighted by molar-refractivity contribution is 5.85. The van der Waals surface area contributed by atoms with Crippen LogP contribution in [0.15, 0.2) is 0 Å². The lowest BCUT2D eigenvalue weighted by Crippen LogP contribution is -2.40. The molecule has 114 valence electrons. The molecule has 0 aromatic heterocycles. The number of carbonyl (C=O) groups excluding carboxylic acids is 1. The van der Waals surface area contributed by atoms with Crippen molar-refractivity contribution in [1.29, 1.82) is 0 Å². The van der Waals surface area contributed by atoms with Gasteiger partial charge < -0.3 is 15.8 Å². The van der Waals surface area contributed by atoms with Crippen LogP contribution in [0.3, 0.4) is 0 Å². The second kappa shape index (κ2) is 8.08. The number of carbonyl (C=O) groups is 1. The van der Waals surface area contributed by atoms with E-state index in [1.807, 2.05) is 20.8 Å². The Labute approximate surface area is 123 Å². The average Bonchev–Trinajstić information content (AvgIpc) is 2.63. The minimum atomic E-state index is -0.198. The van der Waals surface area contributed by atoms with Crippen LogP contribution < -0.4 is 11.1 Å². The van der Waals surface area contributed by atoms with Gasteiger partial charge in [0.2, 0.25) is 5.91 Å². The number of amides is 1. The lowest BCUT2D eigenvalue weighted by atomic mass is 9.97. The van der Waals surface area contributed by atoms with Gasteiger partial charge in [-0.05, 0) is 46.0 Å². The molecule has 0 bridgehead atoms. The summed E-state index contributed by atoms with van der Waals surface area (Å²) in [6.07, 6.45) is 4.69. The normalized spacial score (nSPS) is 24.7. The maximum atomic E-state index is 11.9. The van der Waals surface area contributed by atoms with Gasteiger partial charge in [-0.2, -0.15) is 0 Å². The van der Waals surface area contributed by atoms with Gasteiger partial charge in [0.1, 0.15) is 0 Å². The summed E-state index contributed by atoms with van der Waals surface area (Å²) in [4.78, 5) is 11.9. The molecule has 1 amide bonds. The molecule has 3 N–H and O–H groups in total. The van der Waals surface area contributed by atoms with Crippen LogP contribution in [0.5, 0.6) is 0 Å². The number of nitrogens with one attached hydrogen (secondary N) is 1. The number of nitrogens with two attached hydrogens (primary N) is 1. The van der Waals surface area contributed by atoms with Crippen LogP contribution in [0.4, 0.5) is 0 Å². The average molecular weight is 293 g/mol. The summed E-state index contributed by atoms with van der Waals surface area (Å²) in [6.45, 7) is 6.08. The molecule has 5 heteroatoms. The minimum absolute atomic E-state index is 0. The number of hydrogen-bond acceptors (Lipinski definition) is 3. The molecule has 0 radical (unpaired) electrons. The Balaban J connectivity index is 0.00000324. The zero-order valence-electron chi connectivity index (χ0n) is 12.6. The molecule has 1 rings (SSSR count). The summed E-state index contributed by atoms with van der Waals surface area (Å²) in [7, 11) is 1.70. The van der Waals surface area contributed by atoms with Crippen molar-refractivity contribution >= 4 is 18.3 Å². The van der Waals surface area contributed by atoms with E-state index in [9.17, 15) is 4.79 Å². The maximum absolute atomic E-state index is 11.9. The Morgan fingerprint density at radius 1 is 1.47 bits per heavy atom. The van der Waals surface area contributed by atoms with Gasteiger partial charge in [0.25, 0.3) is 0 Å². The van der Waals surface area contributed by atoms with Crippen LogP contribution in [0.2, 0.25) is 0 Å². The molecule has 0 saturated heterocycles. The molecule has 3 atom stereocenters. The predicted octanol–water partition coefficient (Wildman–Crippen LogP) is 2.25. The summed E-state index contributed by atoms with van der Waals surface area (Å²) < 4.78 is 5.37. The third-order valence-corrected chi connectivity index (χ3v) is 3.92. The molecular weight excluding hydrogens is 264 g/mol. The molecule has 1 saturated carbocycles. The highest BCUT2D eigenvalue weighted by atomic mass is 35.5. The second-order valence-corrected chi connectivity index (χ2v) is 6.20. The summed E-state index contributed by atoms with van der Waals surface area (Å²) in [5.74, 6) is 0.490. The van der Waals surface area contributed by atoms with Gasteiger partial charge in [-0.1, -0.05) is 6.42 Å². The molecule has 0 spiro atoms. The molecule has 0 heterocycles. The van der Waals surface area contributed by atoms with Crippen LogP contribution in [0, 0.1) is 5.92 Å². The fourth-order valence-corrected chi connectivity index (χ4v) is 2.76. The smallest absolute Gasteiger partial charge is 0.220 e. The molecule has 0 aliphatic heterocycles. The Hall–Kier alpha value is -0.320. The lowest BCUT2D eigenvalue weighted by Gasteiger charge is -2.27. The van der Waals surface area contributed by atoms with Crippen molar-refractivity contribution in [3.63, 3.8) is 0 Å². The van der Waals surface area contributed by atoms with E-state index >= 15 is 0 Å². The summed E-state index contributed by atoms with van der Waals surface area (Å²) >= 11 is 0. The van der Waals surface area contributed by atoms with Gasteiger partial charge in [-0.25, -0.2) is 0 Å². The van der Waals surface area contributed by atoms with Gasteiger partial charge in [0, 0.05) is 25.6 Å². The SMILES string of the molecule is COC(C)(C)CC(C)NC(=O)C[C@@H]1CCC[C@H]1N.Cl. The molecule has 1 unspecified atom stereocenters. The van der Waals surface area contributed by atoms with E-state index in [0.29, 0.717) is 12.3 Å². The molecule has 1 aliphatic carbocycles. The first-order valence-corrected chi connectivity index (χ1v) is 6.94. The first-order valence-electron chi connectivity index (χ1n) is 6.94. The molecule has 1 fully saturated rings. The van der Waals surface area contributed by atoms with Crippen molar-refractivity contribution in [2.45, 2.75) is 70.6 Å². The fourth-order valence-electron chi connectivity index (χ4n) is 2.76. The quantitative estimate of drug-likeness (QED) is 0.789. The molecule has 4 nitrogen and oxygen atoms in total. The second-order valence-electron chi connectivity index (χ2n) is 6.20. The summed E-state index contributed by atoms with van der Waals surface area (Å²) in [6, 6.07) is 0.339. The van der Waals surface area contributed by atoms with Crippen molar-refractivity contribution in [2.24, 2.45) is 11.7 Å². The van der Waals surface area contributed by atoms with Crippen molar-refractivity contribution in [2.75, 3.05) is 7.11 Å². The number of halogens is 1. The van der Waals surface area contributed by atoms with E-state index in [0.717, 1.165) is 25.7 Å². The first-order chi connectivity index (χ1) is 8.34. The zero-order chi connectivity index (χ0) is 13.8. The Morgan fingerprint density at radius 2 is 2.11 bits per heavy atom. The summed E-state index contributed by atoms with van der Waals surface area (Å²) in [5.41, 5.74) is 5.78. The van der Waals surface area contributed by atoms with Gasteiger partial charge in [0.05, 0.1) is 5.60 Å². The van der Waals surface area contributed by atoms with E-state index in [-0.39, 0.29) is 36.0 Å². The molecular formula is C14H29ClN2O2. The molecule has 0 aromatic rings. The lowest BCUT2D eigenvalue weighted by molar-refractivity contribution is -0.123. The highest BCUT2D eigenvalue weighted by Crippen LogP contribution is 2.26. The largest absolute Gasteiger partial charge is 0.379 e. The van der Waals surface area contributed by atoms with Gasteiger partial charge in [0.15, 0.2) is 0 Å². The van der Waals surface area contributed by atoms with E-state index in [1.54, 1.807) is 7.11 Å². The van der Waals surface area contributed by atoms with Crippen LogP contribution >= 0.6 is 12.4 Å². The van der Waals surface area contributed by atoms with Crippen LogP contribution in [-0.4, -0.2) is 30.7 Å². The van der Waals surface area contributed by atoms with Crippen molar-refractivity contribution in [1.82, 2.24) is 5.32 Å². The van der Waals surface area contributed by atoms with E-state index in [1.165, 1.54) is 0 Å². The van der Waals surface area contributed by atoms with E-state index in [2.05, 4.69) is 5.32 Å². The summed E-state index contributed by atoms with van der Waals surface area (Å²) in [5, 5.41) is 3.04. The van der Waals surface area contributed by atoms with Crippen LogP contribution in [0.25, 0.3) is 0 Å². The Kier molecular flexibility index (Phi) is 7.94. The van der Waals surface area contributed by atoms with E-state index < -0.39 is 0 Å². The van der Waals surface area contributed by atoms with Crippen molar-refractivity contribution in [3.05, 3.63) is 0 Å². The number of ether oxygens (including phenoxy) is 1. The van der Waals surface area contributed by atoms with Crippen molar-refractivity contribution < 1.29 is 9.53 Å². The molecule has 19 heavy (non-hydrogen) atoms. The van der Waals surface area contributed by atoms with Gasteiger partial charge in [-0.3, -0.25) is 4.79 Å². The topological polar surface area (TPSA) is 64.3 Å². The fraction of sp³-hybridized carbons (Fsp3) is 0.929. The predicted molar refractivity (Wildman–Crippen MR) is 80.5 cm³/mol. The van der Waals surface area contributed by atoms with Gasteiger partial charge in [-0.15, -0.1) is 12.4 Å². The maximum Gasteiger partial charge on any atom is 0.220 e. The van der Waals surface area contributed by atoms with Gasteiger partial charge >= 0.3 is 0 Å². The van der Waals surface area contributed by atoms with Crippen LogP contribution in [-0.2, 0) is 9.53 Å². The standard InChI is InChI=1S/C14H28N2O2.ClH/c1-10(9-14(2,3)18-4)16-13(17)8-11-6-5-7-12(11)15;/h10-12H,5-9,15H2,1-4H3,(H,16,17);1H/t10?,11-,12+;/m0./s1. The van der Waals surface area contributed by atoms with Crippen LogP contribution in [0.1, 0.15) is 52.9 Å². The Bertz CT molecular complexity index is 285. The zero-order valence-corrected chi connectivity index (χ0v) is 13.4. The third-order valence-electron chi connectivity index (χ3n) is 3.92. The number of methoxy groups -OCH3 is 1. The number of hydrogen-bond donors (Lipinski definition) is 2. The van der Waals surface area contributed by atoms with E-state index in [4.69, 9.17) is 10.5 Å². The minimum Gasteiger partial charge on any atom is -0.379 e. The Morgan fingerprint density at radius 3 is 2.58 bits per heavy atom. The highest BCUT2D eigenvalue weighted by Gasteiger charge is 2.27. The molecule has 0 aromatic carbocycles. The third kappa shape index (κ3) is 6.59. The first kappa shape index (κ1) is 18.7. The molecule has 1 aliphatic rings. The van der Waals surface area contributed by atoms with Crippen molar-refractivity contribution in [3.8, 4) is 0 Å². The monoisotopic (exact) mass is 292 g/mol. The number of rotatable bonds is 6.